The fourth-order valence-corrected chi connectivity index (χ4v) is 2.73. The predicted octanol–water partition coefficient (Wildman–Crippen LogP) is 3.85. The first-order chi connectivity index (χ1) is 10.6. The van der Waals surface area contributed by atoms with Crippen molar-refractivity contribution in [3.8, 4) is 5.69 Å². The minimum absolute atomic E-state index is 0.187. The molecular formula is C15H13ClN4OS. The van der Waals surface area contributed by atoms with Crippen LogP contribution in [0.3, 0.4) is 0 Å². The number of carbonyl (C=O) groups is 1. The Morgan fingerprint density at radius 2 is 2.00 bits per heavy atom. The molecule has 0 atom stereocenters. The summed E-state index contributed by atoms with van der Waals surface area (Å²) in [5, 5.41) is 10.2. The summed E-state index contributed by atoms with van der Waals surface area (Å²) in [7, 11) is 0. The van der Waals surface area contributed by atoms with Crippen molar-refractivity contribution in [3.63, 3.8) is 0 Å². The van der Waals surface area contributed by atoms with Crippen LogP contribution in [0.15, 0.2) is 35.8 Å². The van der Waals surface area contributed by atoms with Gasteiger partial charge < -0.3 is 0 Å². The number of aryl methyl sites for hydroxylation is 1. The third-order valence-electron chi connectivity index (χ3n) is 3.23. The molecule has 0 spiro atoms. The van der Waals surface area contributed by atoms with Crippen molar-refractivity contribution in [2.45, 2.75) is 13.8 Å². The van der Waals surface area contributed by atoms with Gasteiger partial charge in [0.25, 0.3) is 5.91 Å². The Hall–Kier alpha value is -2.18. The van der Waals surface area contributed by atoms with Gasteiger partial charge in [-0.3, -0.25) is 10.1 Å². The average Bonchev–Trinajstić information content (AvgIpc) is 3.12. The standard InChI is InChI=1S/C15H13ClN4OS/c1-9-13(16)10(2)20(19-9)12-5-3-11(4-6-12)14(21)18-15-17-7-8-22-15/h3-8H,1-2H3,(H,17,18,21). The maximum absolute atomic E-state index is 12.1. The van der Waals surface area contributed by atoms with Crippen molar-refractivity contribution >= 4 is 34.0 Å². The molecule has 0 saturated heterocycles. The zero-order valence-electron chi connectivity index (χ0n) is 12.0. The van der Waals surface area contributed by atoms with Crippen molar-refractivity contribution in [3.05, 3.63) is 57.8 Å². The highest BCUT2D eigenvalue weighted by atomic mass is 35.5. The molecule has 7 heteroatoms. The molecule has 5 nitrogen and oxygen atoms in total. The largest absolute Gasteiger partial charge is 0.298 e. The normalized spacial score (nSPS) is 10.7. The molecular weight excluding hydrogens is 320 g/mol. The summed E-state index contributed by atoms with van der Waals surface area (Å²) >= 11 is 7.54. The van der Waals surface area contributed by atoms with E-state index in [0.717, 1.165) is 17.1 Å². The smallest absolute Gasteiger partial charge is 0.257 e. The highest BCUT2D eigenvalue weighted by molar-refractivity contribution is 7.13. The molecule has 0 saturated carbocycles. The number of benzene rings is 1. The monoisotopic (exact) mass is 332 g/mol. The van der Waals surface area contributed by atoms with Crippen molar-refractivity contribution in [2.75, 3.05) is 5.32 Å². The summed E-state index contributed by atoms with van der Waals surface area (Å²) in [4.78, 5) is 16.1. The van der Waals surface area contributed by atoms with Crippen LogP contribution in [-0.2, 0) is 0 Å². The van der Waals surface area contributed by atoms with Gasteiger partial charge in [-0.2, -0.15) is 5.10 Å². The molecule has 22 heavy (non-hydrogen) atoms. The Balaban J connectivity index is 1.83. The highest BCUT2D eigenvalue weighted by Gasteiger charge is 2.12. The number of hydrogen-bond donors (Lipinski definition) is 1. The van der Waals surface area contributed by atoms with Crippen molar-refractivity contribution in [1.82, 2.24) is 14.8 Å². The van der Waals surface area contributed by atoms with Gasteiger partial charge in [0, 0.05) is 17.1 Å². The van der Waals surface area contributed by atoms with Crippen molar-refractivity contribution < 1.29 is 4.79 Å². The van der Waals surface area contributed by atoms with E-state index in [4.69, 9.17) is 11.6 Å². The molecule has 0 radical (unpaired) electrons. The van der Waals surface area contributed by atoms with Gasteiger partial charge >= 0.3 is 0 Å². The van der Waals surface area contributed by atoms with Crippen LogP contribution in [-0.4, -0.2) is 20.7 Å². The molecule has 0 aliphatic carbocycles. The first-order valence-corrected chi connectivity index (χ1v) is 7.85. The molecule has 2 heterocycles. The predicted molar refractivity (Wildman–Crippen MR) is 88.1 cm³/mol. The molecule has 1 aromatic carbocycles. The Bertz CT molecular complexity index is 809. The number of anilines is 1. The quantitative estimate of drug-likeness (QED) is 0.792. The Labute approximate surface area is 136 Å². The first-order valence-electron chi connectivity index (χ1n) is 6.59. The van der Waals surface area contributed by atoms with Gasteiger partial charge in [0.2, 0.25) is 0 Å². The highest BCUT2D eigenvalue weighted by Crippen LogP contribution is 2.22. The third kappa shape index (κ3) is 2.75. The second-order valence-electron chi connectivity index (χ2n) is 4.73. The van der Waals surface area contributed by atoms with E-state index in [9.17, 15) is 4.79 Å². The van der Waals surface area contributed by atoms with Gasteiger partial charge in [-0.25, -0.2) is 9.67 Å². The molecule has 0 aliphatic rings. The molecule has 112 valence electrons. The Morgan fingerprint density at radius 3 is 2.55 bits per heavy atom. The van der Waals surface area contributed by atoms with Crippen LogP contribution in [0.2, 0.25) is 5.02 Å². The zero-order chi connectivity index (χ0) is 15.7. The number of nitrogens with zero attached hydrogens (tertiary/aromatic N) is 3. The van der Waals surface area contributed by atoms with Crippen LogP contribution in [0.4, 0.5) is 5.13 Å². The van der Waals surface area contributed by atoms with Gasteiger partial charge in [0.05, 0.1) is 22.1 Å². The summed E-state index contributed by atoms with van der Waals surface area (Å²) in [6, 6.07) is 7.18. The van der Waals surface area contributed by atoms with Gasteiger partial charge in [-0.15, -0.1) is 11.3 Å². The maximum Gasteiger partial charge on any atom is 0.257 e. The summed E-state index contributed by atoms with van der Waals surface area (Å²) in [6.07, 6.45) is 1.65. The summed E-state index contributed by atoms with van der Waals surface area (Å²) in [6.45, 7) is 3.77. The topological polar surface area (TPSA) is 59.8 Å². The van der Waals surface area contributed by atoms with E-state index in [2.05, 4.69) is 15.4 Å². The van der Waals surface area contributed by atoms with Crippen LogP contribution in [0.25, 0.3) is 5.69 Å². The van der Waals surface area contributed by atoms with Crippen LogP contribution < -0.4 is 5.32 Å². The lowest BCUT2D eigenvalue weighted by molar-refractivity contribution is 0.102. The number of aromatic nitrogens is 3. The average molecular weight is 333 g/mol. The van der Waals surface area contributed by atoms with E-state index in [1.807, 2.05) is 31.4 Å². The van der Waals surface area contributed by atoms with Gasteiger partial charge in [0.15, 0.2) is 5.13 Å². The lowest BCUT2D eigenvalue weighted by atomic mass is 10.2. The third-order valence-corrected chi connectivity index (χ3v) is 4.47. The molecule has 1 amide bonds. The fraction of sp³-hybridized carbons (Fsp3) is 0.133. The van der Waals surface area contributed by atoms with Crippen LogP contribution in [0.5, 0.6) is 0 Å². The van der Waals surface area contributed by atoms with Crippen LogP contribution in [0, 0.1) is 13.8 Å². The Morgan fingerprint density at radius 1 is 1.27 bits per heavy atom. The molecule has 0 unspecified atom stereocenters. The number of carbonyl (C=O) groups excluding carboxylic acids is 1. The van der Waals surface area contributed by atoms with Crippen molar-refractivity contribution in [1.29, 1.82) is 0 Å². The second-order valence-corrected chi connectivity index (χ2v) is 6.01. The van der Waals surface area contributed by atoms with E-state index in [0.29, 0.717) is 15.7 Å². The van der Waals surface area contributed by atoms with E-state index >= 15 is 0 Å². The second kappa shape index (κ2) is 5.90. The number of hydrogen-bond acceptors (Lipinski definition) is 4. The van der Waals surface area contributed by atoms with Crippen LogP contribution >= 0.6 is 22.9 Å². The van der Waals surface area contributed by atoms with E-state index < -0.39 is 0 Å². The molecule has 2 aromatic heterocycles. The maximum atomic E-state index is 12.1. The van der Waals surface area contributed by atoms with Gasteiger partial charge in [-0.1, -0.05) is 11.6 Å². The molecule has 1 N–H and O–H groups in total. The number of amides is 1. The molecule has 0 aliphatic heterocycles. The SMILES string of the molecule is Cc1nn(-c2ccc(C(=O)Nc3nccs3)cc2)c(C)c1Cl. The number of thiazole rings is 1. The summed E-state index contributed by atoms with van der Waals surface area (Å²) < 4.78 is 1.76. The lowest BCUT2D eigenvalue weighted by Crippen LogP contribution is -2.11. The van der Waals surface area contributed by atoms with Crippen molar-refractivity contribution in [2.24, 2.45) is 0 Å². The summed E-state index contributed by atoms with van der Waals surface area (Å²) in [5.41, 5.74) is 3.08. The van der Waals surface area contributed by atoms with E-state index in [1.165, 1.54) is 11.3 Å². The summed E-state index contributed by atoms with van der Waals surface area (Å²) in [5.74, 6) is -0.187. The number of nitrogens with one attached hydrogen (secondary N) is 1. The molecule has 0 bridgehead atoms. The van der Waals surface area contributed by atoms with Gasteiger partial charge in [0.1, 0.15) is 0 Å². The number of halogens is 1. The minimum atomic E-state index is -0.187. The lowest BCUT2D eigenvalue weighted by Gasteiger charge is -2.06. The molecule has 3 rings (SSSR count). The first kappa shape index (κ1) is 14.7. The Kier molecular flexibility index (Phi) is 3.96. The van der Waals surface area contributed by atoms with Crippen LogP contribution in [0.1, 0.15) is 21.7 Å². The van der Waals surface area contributed by atoms with E-state index in [-0.39, 0.29) is 5.91 Å². The van der Waals surface area contributed by atoms with Gasteiger partial charge in [-0.05, 0) is 38.1 Å². The number of rotatable bonds is 3. The van der Waals surface area contributed by atoms with E-state index in [1.54, 1.807) is 23.0 Å². The minimum Gasteiger partial charge on any atom is -0.298 e. The molecule has 3 aromatic rings. The zero-order valence-corrected chi connectivity index (χ0v) is 13.6. The molecule has 0 fully saturated rings. The fourth-order valence-electron chi connectivity index (χ4n) is 2.08.